The normalized spacial score (nSPS) is 24.0. The first-order valence-corrected chi connectivity index (χ1v) is 8.20. The van der Waals surface area contributed by atoms with Crippen LogP contribution >= 0.6 is 0 Å². The molecule has 1 heterocycles. The fourth-order valence-electron chi connectivity index (χ4n) is 1.78. The first-order chi connectivity index (χ1) is 16.5. The Morgan fingerprint density at radius 1 is 1.22 bits per heavy atom. The number of ether oxygens (including phenoxy) is 1. The molecule has 0 aromatic heterocycles. The van der Waals surface area contributed by atoms with Gasteiger partial charge in [-0.3, -0.25) is 4.79 Å². The van der Waals surface area contributed by atoms with Gasteiger partial charge in [0.05, 0.1) is 12.3 Å². The first-order valence-electron chi connectivity index (χ1n) is 11.3. The summed E-state index contributed by atoms with van der Waals surface area (Å²) in [5.74, 6) is -3.54. The molecular weight excluding hydrogens is 374 g/mol. The molecule has 0 saturated heterocycles. The average Bonchev–Trinajstić information content (AvgIpc) is 3.00. The zero-order valence-electron chi connectivity index (χ0n) is 22.2. The Bertz CT molecular complexity index is 1380. The van der Waals surface area contributed by atoms with E-state index in [9.17, 15) is 13.2 Å². The van der Waals surface area contributed by atoms with E-state index < -0.39 is 75.1 Å². The topological polar surface area (TPSA) is 130 Å². The van der Waals surface area contributed by atoms with E-state index in [1.807, 2.05) is 0 Å². The van der Waals surface area contributed by atoms with E-state index in [4.69, 9.17) is 32.4 Å². The lowest BCUT2D eigenvalue weighted by Gasteiger charge is -2.09. The van der Waals surface area contributed by atoms with Gasteiger partial charge in [-0.2, -0.15) is 18.0 Å². The van der Waals surface area contributed by atoms with E-state index in [0.29, 0.717) is 0 Å². The van der Waals surface area contributed by atoms with Gasteiger partial charge in [-0.15, -0.1) is 0 Å². The lowest BCUT2D eigenvalue weighted by molar-refractivity contribution is -0.191. The van der Waals surface area contributed by atoms with Crippen LogP contribution in [-0.2, 0) is 39.1 Å². The van der Waals surface area contributed by atoms with Crippen LogP contribution in [0.2, 0.25) is 0 Å². The predicted octanol–water partition coefficient (Wildman–Crippen LogP) is 1.42. The molecule has 0 amide bonds. The number of nitrogens with two attached hydrogens (primary N) is 1. The summed E-state index contributed by atoms with van der Waals surface area (Å²) in [6.07, 6.45) is -2.33. The van der Waals surface area contributed by atoms with Gasteiger partial charge in [-0.05, 0) is 5.56 Å². The maximum Gasteiger partial charge on any atom is 0.373 e. The number of carbonyl (C=O) groups is 1. The summed E-state index contributed by atoms with van der Waals surface area (Å²) in [7, 11) is -5.58. The van der Waals surface area contributed by atoms with Crippen LogP contribution in [0, 0.1) is 0 Å². The van der Waals surface area contributed by atoms with Crippen molar-refractivity contribution >= 4 is 22.1 Å². The maximum absolute atomic E-state index is 12.8. The van der Waals surface area contributed by atoms with Gasteiger partial charge in [-0.25, -0.2) is 0 Å². The van der Waals surface area contributed by atoms with E-state index in [-0.39, 0.29) is 17.8 Å². The van der Waals surface area contributed by atoms with Crippen LogP contribution in [-0.4, -0.2) is 20.4 Å². The summed E-state index contributed by atoms with van der Waals surface area (Å²) >= 11 is 0. The van der Waals surface area contributed by atoms with Crippen molar-refractivity contribution in [2.24, 2.45) is 5.73 Å². The maximum atomic E-state index is 12.8. The SMILES string of the molecule is O=C=O.[2H]c1ccc([C@]2([2H])OC(N)=C(OS(=O)(=O)C([2H])([2H])c3c([2H])c([2H])c([2H])c([2H])c3[2H])C2=O)cc1. The number of carbonyl (C=O) groups excluding carboxylic acids is 3. The van der Waals surface area contributed by atoms with Gasteiger partial charge < -0.3 is 14.7 Å². The third-order valence-electron chi connectivity index (χ3n) is 2.75. The quantitative estimate of drug-likeness (QED) is 0.749. The number of ketones is 1. The van der Waals surface area contributed by atoms with E-state index in [1.165, 1.54) is 24.3 Å². The molecule has 9 heteroatoms. The van der Waals surface area contributed by atoms with Crippen LogP contribution in [0.4, 0.5) is 0 Å². The van der Waals surface area contributed by atoms with E-state index in [2.05, 4.69) is 4.18 Å². The minimum Gasteiger partial charge on any atom is -0.460 e. The molecule has 1 atom stereocenters. The molecule has 140 valence electrons. The molecule has 27 heavy (non-hydrogen) atoms. The number of hydrogen-bond donors (Lipinski definition) is 1. The Kier molecular flexibility index (Phi) is 3.47. The summed E-state index contributed by atoms with van der Waals surface area (Å²) in [4.78, 5) is 29.0. The van der Waals surface area contributed by atoms with Crippen LogP contribution in [0.5, 0.6) is 0 Å². The highest BCUT2D eigenvalue weighted by Gasteiger charge is 2.39. The molecule has 0 bridgehead atoms. The van der Waals surface area contributed by atoms with Crippen molar-refractivity contribution in [1.82, 2.24) is 0 Å². The minimum atomic E-state index is -5.58. The number of Topliss-reactive ketones (excluding diaryl/α,β-unsaturated/α-hetero) is 1. The second-order valence-corrected chi connectivity index (χ2v) is 5.74. The van der Waals surface area contributed by atoms with Gasteiger partial charge in [0.25, 0.3) is 0 Å². The van der Waals surface area contributed by atoms with Crippen molar-refractivity contribution in [3.63, 3.8) is 0 Å². The van der Waals surface area contributed by atoms with E-state index in [1.54, 1.807) is 0 Å². The summed E-state index contributed by atoms with van der Waals surface area (Å²) in [5.41, 5.74) is 0.461. The van der Waals surface area contributed by atoms with Crippen LogP contribution in [0.25, 0.3) is 0 Å². The molecule has 3 rings (SSSR count). The van der Waals surface area contributed by atoms with Gasteiger partial charge in [0.2, 0.25) is 17.4 Å². The van der Waals surface area contributed by atoms with Crippen molar-refractivity contribution in [2.45, 2.75) is 11.8 Å². The van der Waals surface area contributed by atoms with Gasteiger partial charge in [0, 0.05) is 5.56 Å². The zero-order valence-corrected chi connectivity index (χ0v) is 14.0. The molecule has 0 radical (unpaired) electrons. The fourth-order valence-corrected chi connectivity index (χ4v) is 2.55. The Balaban J connectivity index is 0.00000145. The molecular formula is C18H15NO7S. The molecule has 0 aliphatic carbocycles. The number of rotatable bonds is 5. The highest BCUT2D eigenvalue weighted by atomic mass is 32.2. The highest BCUT2D eigenvalue weighted by Crippen LogP contribution is 2.32. The van der Waals surface area contributed by atoms with E-state index >= 15 is 0 Å². The third-order valence-corrected chi connectivity index (χ3v) is 3.59. The first kappa shape index (κ1) is 10.7. The number of hydrogen-bond acceptors (Lipinski definition) is 8. The van der Waals surface area contributed by atoms with Crippen molar-refractivity contribution in [1.29, 1.82) is 0 Å². The minimum absolute atomic E-state index is 0.0552. The van der Waals surface area contributed by atoms with Crippen molar-refractivity contribution in [2.75, 3.05) is 0 Å². The summed E-state index contributed by atoms with van der Waals surface area (Å²) in [6, 6.07) is -0.145. The van der Waals surface area contributed by atoms with Gasteiger partial charge in [0.15, 0.2) is 6.08 Å². The van der Waals surface area contributed by atoms with Crippen LogP contribution in [0.3, 0.4) is 0 Å². The Morgan fingerprint density at radius 2 is 1.81 bits per heavy atom. The molecule has 0 unspecified atom stereocenters. The van der Waals surface area contributed by atoms with Crippen molar-refractivity contribution in [3.8, 4) is 0 Å². The van der Waals surface area contributed by atoms with Gasteiger partial charge in [0.1, 0.15) is 5.70 Å². The average molecular weight is 398 g/mol. The largest absolute Gasteiger partial charge is 0.460 e. The van der Waals surface area contributed by atoms with Crippen LogP contribution in [0.15, 0.2) is 72.2 Å². The van der Waals surface area contributed by atoms with Crippen LogP contribution < -0.4 is 5.73 Å². The Hall–Kier alpha value is -3.42. The summed E-state index contributed by atoms with van der Waals surface area (Å²) in [5, 5.41) is 0. The molecule has 8 nitrogen and oxygen atoms in total. The van der Waals surface area contributed by atoms with Crippen molar-refractivity contribution < 1.29 is 44.1 Å². The molecule has 0 spiro atoms. The van der Waals surface area contributed by atoms with E-state index in [0.717, 1.165) is 0 Å². The van der Waals surface area contributed by atoms with Crippen molar-refractivity contribution in [3.05, 3.63) is 83.3 Å². The second kappa shape index (κ2) is 8.79. The Labute approximate surface area is 168 Å². The monoisotopic (exact) mass is 398 g/mol. The summed E-state index contributed by atoms with van der Waals surface area (Å²) < 4.78 is 105. The molecule has 0 saturated carbocycles. The summed E-state index contributed by atoms with van der Waals surface area (Å²) in [6.45, 7) is 0. The van der Waals surface area contributed by atoms with Gasteiger partial charge in [-0.1, -0.05) is 60.5 Å². The molecule has 1 aliphatic heterocycles. The van der Waals surface area contributed by atoms with Crippen LogP contribution in [0.1, 0.15) is 29.5 Å². The molecule has 0 fully saturated rings. The molecule has 2 aromatic carbocycles. The molecule has 2 N–H and O–H groups in total. The fraction of sp³-hybridized carbons (Fsp3) is 0.111. The lowest BCUT2D eigenvalue weighted by atomic mass is 10.1. The van der Waals surface area contributed by atoms with Gasteiger partial charge >= 0.3 is 16.3 Å². The zero-order chi connectivity index (χ0) is 27.8. The lowest BCUT2D eigenvalue weighted by Crippen LogP contribution is -2.16. The number of benzene rings is 2. The molecule has 1 aliphatic rings. The smallest absolute Gasteiger partial charge is 0.373 e. The standard InChI is InChI=1S/C17H15NO5S.CO2/c18-17-16(14(19)15(22-17)13-9-5-2-6-10-13)23-24(20,21)11-12-7-3-1-4-8-12;2-1-3/h1-10,15H,11,18H2;/t15-;/m0./s1/i1D,2D,3D,4D,7D,8D,11D2,15D;. The second-order valence-electron chi connectivity index (χ2n) is 4.47. The third kappa shape index (κ3) is 5.27. The highest BCUT2D eigenvalue weighted by molar-refractivity contribution is 7.86. The Morgan fingerprint density at radius 3 is 2.41 bits per heavy atom. The predicted molar refractivity (Wildman–Crippen MR) is 91.6 cm³/mol. The molecule has 2 aromatic rings.